The van der Waals surface area contributed by atoms with Crippen LogP contribution in [0.15, 0.2) is 60.7 Å². The molecule has 0 fully saturated rings. The van der Waals surface area contributed by atoms with E-state index in [0.29, 0.717) is 0 Å². The first-order valence-electron chi connectivity index (χ1n) is 16.3. The van der Waals surface area contributed by atoms with Gasteiger partial charge in [0.1, 0.15) is 65.8 Å². The molecule has 0 spiro atoms. The first kappa shape index (κ1) is 45.0. The molecule has 6 rings (SSSR count). The van der Waals surface area contributed by atoms with Crippen LogP contribution in [0.5, 0.6) is 0 Å². The summed E-state index contributed by atoms with van der Waals surface area (Å²) in [7, 11) is 0. The molecule has 0 heterocycles. The van der Waals surface area contributed by atoms with Crippen LogP contribution in [0, 0.1) is 116 Å². The van der Waals surface area contributed by atoms with Gasteiger partial charge in [-0.25, -0.2) is 87.8 Å². The van der Waals surface area contributed by atoms with Gasteiger partial charge < -0.3 is 5.32 Å². The lowest BCUT2D eigenvalue weighted by Gasteiger charge is -2.44. The topological polar surface area (TPSA) is 16.6 Å². The van der Waals surface area contributed by atoms with Crippen LogP contribution in [0.2, 0.25) is 0 Å². The van der Waals surface area contributed by atoms with Gasteiger partial charge in [-0.1, -0.05) is 60.7 Å². The number of nitrogens with two attached hydrogens (primary N) is 1. The molecule has 1 nitrogen and oxygen atoms in total. The molecule has 0 unspecified atom stereocenters. The highest BCUT2D eigenvalue weighted by molar-refractivity contribution is 7.20. The van der Waals surface area contributed by atoms with E-state index in [1.165, 1.54) is 11.1 Å². The first-order valence-corrected chi connectivity index (χ1v) is 16.3. The Morgan fingerprint density at radius 2 is 0.417 bits per heavy atom. The third-order valence-electron chi connectivity index (χ3n) is 9.15. The zero-order chi connectivity index (χ0) is 44.7. The van der Waals surface area contributed by atoms with Gasteiger partial charge in [0.25, 0.3) is 0 Å². The van der Waals surface area contributed by atoms with Crippen molar-refractivity contribution in [2.75, 3.05) is 0 Å². The van der Waals surface area contributed by atoms with Gasteiger partial charge in [-0.15, -0.1) is 21.9 Å². The summed E-state index contributed by atoms with van der Waals surface area (Å²) in [5.74, 6) is -71.4. The van der Waals surface area contributed by atoms with Crippen molar-refractivity contribution in [1.29, 1.82) is 0 Å². The van der Waals surface area contributed by atoms with Gasteiger partial charge in [0, 0.05) is 11.1 Å². The molecule has 6 aromatic carbocycles. The molecule has 0 saturated carbocycles. The van der Waals surface area contributed by atoms with Crippen LogP contribution in [-0.4, -0.2) is 6.15 Å². The van der Waals surface area contributed by atoms with Crippen molar-refractivity contribution in [3.8, 4) is 0 Å². The molecule has 0 aromatic heterocycles. The SMILES string of the molecule is Fc1c(F)c(F)c([B-](c2c(F)c(F)c(F)c(F)c2F)(c2c(F)c(F)c(F)c(F)c2F)c2c(F)c(F)c(F)c(F)c2F)c(F)c1F.c1ccc(C[NH2+]Cc2ccccc2)cc1. The van der Waals surface area contributed by atoms with E-state index in [1.807, 2.05) is 0 Å². The molecule has 0 radical (unpaired) electrons. The Balaban J connectivity index is 0.000000379. The maximum absolute atomic E-state index is 15.4. The highest BCUT2D eigenvalue weighted by Gasteiger charge is 2.52. The van der Waals surface area contributed by atoms with Crippen molar-refractivity contribution < 1.29 is 93.1 Å². The van der Waals surface area contributed by atoms with Crippen LogP contribution in [0.3, 0.4) is 0 Å². The fraction of sp³-hybridized carbons (Fsp3) is 0.0526. The Kier molecular flexibility index (Phi) is 13.0. The fourth-order valence-corrected chi connectivity index (χ4v) is 6.51. The van der Waals surface area contributed by atoms with Crippen molar-refractivity contribution in [1.82, 2.24) is 0 Å². The third-order valence-corrected chi connectivity index (χ3v) is 9.15. The van der Waals surface area contributed by atoms with Gasteiger partial charge in [-0.3, -0.25) is 0 Å². The molecule has 316 valence electrons. The Hall–Kier alpha value is -6.06. The Labute approximate surface area is 322 Å². The zero-order valence-electron chi connectivity index (χ0n) is 28.9. The molecule has 0 aliphatic rings. The molecule has 60 heavy (non-hydrogen) atoms. The fourth-order valence-electron chi connectivity index (χ4n) is 6.51. The smallest absolute Gasteiger partial charge is 0.200 e. The first-order chi connectivity index (χ1) is 28.2. The lowest BCUT2D eigenvalue weighted by atomic mass is 9.12. The Morgan fingerprint density at radius 3 is 0.600 bits per heavy atom. The molecular formula is C38H16BF20N. The van der Waals surface area contributed by atoms with Crippen LogP contribution in [-0.2, 0) is 13.1 Å². The number of quaternary nitrogens is 1. The monoisotopic (exact) mass is 877 g/mol. The molecular weight excluding hydrogens is 861 g/mol. The van der Waals surface area contributed by atoms with Crippen molar-refractivity contribution in [2.45, 2.75) is 13.1 Å². The predicted octanol–water partition coefficient (Wildman–Crippen LogP) is 7.80. The summed E-state index contributed by atoms with van der Waals surface area (Å²) in [6.07, 6.45) is -7.22. The van der Waals surface area contributed by atoms with E-state index in [2.05, 4.69) is 66.0 Å². The molecule has 0 amide bonds. The van der Waals surface area contributed by atoms with E-state index < -0.39 is 144 Å². The molecule has 2 N–H and O–H groups in total. The quantitative estimate of drug-likeness (QED) is 0.0697. The highest BCUT2D eigenvalue weighted by Crippen LogP contribution is 2.30. The third kappa shape index (κ3) is 7.29. The molecule has 0 aliphatic carbocycles. The van der Waals surface area contributed by atoms with Crippen LogP contribution < -0.4 is 27.2 Å². The number of benzene rings is 6. The summed E-state index contributed by atoms with van der Waals surface area (Å²) in [5, 5.41) is 2.32. The van der Waals surface area contributed by atoms with E-state index in [4.69, 9.17) is 0 Å². The van der Waals surface area contributed by atoms with Gasteiger partial charge >= 0.3 is 0 Å². The molecule has 22 heteroatoms. The molecule has 0 bridgehead atoms. The van der Waals surface area contributed by atoms with E-state index in [1.54, 1.807) is 0 Å². The number of halogens is 20. The Morgan fingerprint density at radius 1 is 0.250 bits per heavy atom. The largest absolute Gasteiger partial charge is 0.339 e. The van der Waals surface area contributed by atoms with E-state index in [-0.39, 0.29) is 0 Å². The van der Waals surface area contributed by atoms with Crippen molar-refractivity contribution >= 4 is 28.0 Å². The van der Waals surface area contributed by atoms with Crippen LogP contribution in [0.25, 0.3) is 0 Å². The number of hydrogen-bond acceptors (Lipinski definition) is 0. The summed E-state index contributed by atoms with van der Waals surface area (Å²) in [6.45, 7) is 2.10. The van der Waals surface area contributed by atoms with Gasteiger partial charge in [0.05, 0.1) is 0 Å². The van der Waals surface area contributed by atoms with Crippen LogP contribution >= 0.6 is 0 Å². The van der Waals surface area contributed by atoms with Gasteiger partial charge in [0.15, 0.2) is 69.8 Å². The van der Waals surface area contributed by atoms with E-state index >= 15 is 35.1 Å². The second-order valence-electron chi connectivity index (χ2n) is 12.5. The minimum Gasteiger partial charge on any atom is -0.339 e. The maximum Gasteiger partial charge on any atom is 0.200 e. The molecule has 0 saturated heterocycles. The average molecular weight is 877 g/mol. The molecule has 0 atom stereocenters. The lowest BCUT2D eigenvalue weighted by Crippen LogP contribution is -2.81. The predicted molar refractivity (Wildman–Crippen MR) is 171 cm³/mol. The summed E-state index contributed by atoms with van der Waals surface area (Å²) in [4.78, 5) is 0. The van der Waals surface area contributed by atoms with Crippen molar-refractivity contribution in [2.24, 2.45) is 0 Å². The van der Waals surface area contributed by atoms with E-state index in [0.717, 1.165) is 13.1 Å². The molecule has 0 aliphatic heterocycles. The minimum atomic E-state index is -7.22. The minimum absolute atomic E-state index is 1.05. The summed E-state index contributed by atoms with van der Waals surface area (Å²) in [5.41, 5.74) is -11.6. The van der Waals surface area contributed by atoms with Crippen molar-refractivity contribution in [3.05, 3.63) is 188 Å². The standard InChI is InChI=1S/C24BF20.C14H15N/c26-5-1(6(27)14(35)21(42)13(5)34)25(2-7(28)15(36)22(43)16(37)8(2)29,3-9(30)17(38)23(44)18(39)10(3)31)4-11(32)19(40)24(45)20(41)12(4)33;1-3-7-13(8-4-1)11-15-12-14-9-5-2-6-10-14/h;1-10,15H,11-12H2/q-1;/p+1. The average Bonchev–Trinajstić information content (AvgIpc) is 3.24. The van der Waals surface area contributed by atoms with Crippen molar-refractivity contribution in [3.63, 3.8) is 0 Å². The second-order valence-corrected chi connectivity index (χ2v) is 12.5. The van der Waals surface area contributed by atoms with Gasteiger partial charge in [-0.2, -0.15) is 0 Å². The zero-order valence-corrected chi connectivity index (χ0v) is 28.9. The van der Waals surface area contributed by atoms with Crippen LogP contribution in [0.4, 0.5) is 87.8 Å². The number of rotatable bonds is 8. The number of hydrogen-bond donors (Lipinski definition) is 1. The summed E-state index contributed by atoms with van der Waals surface area (Å²) < 4.78 is 294. The summed E-state index contributed by atoms with van der Waals surface area (Å²) >= 11 is 0. The van der Waals surface area contributed by atoms with Crippen LogP contribution in [0.1, 0.15) is 11.1 Å². The van der Waals surface area contributed by atoms with Gasteiger partial charge in [0.2, 0.25) is 0 Å². The van der Waals surface area contributed by atoms with Gasteiger partial charge in [-0.05, 0) is 0 Å². The lowest BCUT2D eigenvalue weighted by molar-refractivity contribution is -0.686. The second kappa shape index (κ2) is 17.3. The Bertz CT molecular complexity index is 2200. The van der Waals surface area contributed by atoms with E-state index in [9.17, 15) is 52.7 Å². The highest BCUT2D eigenvalue weighted by atomic mass is 19.2. The normalized spacial score (nSPS) is 11.5. The molecule has 6 aromatic rings. The summed E-state index contributed by atoms with van der Waals surface area (Å²) in [6, 6.07) is 21.1. The maximum atomic E-state index is 15.4.